The molecule has 0 heterocycles. The number of halogens is 2. The van der Waals surface area contributed by atoms with E-state index in [1.165, 1.54) is 6.07 Å². The van der Waals surface area contributed by atoms with Crippen LogP contribution >= 0.6 is 0 Å². The molecule has 0 aromatic heterocycles. The number of rotatable bonds is 4. The van der Waals surface area contributed by atoms with Gasteiger partial charge in [0, 0.05) is 6.54 Å². The van der Waals surface area contributed by atoms with E-state index in [9.17, 15) is 13.6 Å². The molecule has 0 radical (unpaired) electrons. The Labute approximate surface area is 90.5 Å². The summed E-state index contributed by atoms with van der Waals surface area (Å²) in [5.41, 5.74) is -0.440. The summed E-state index contributed by atoms with van der Waals surface area (Å²) in [7, 11) is 0. The van der Waals surface area contributed by atoms with Crippen LogP contribution in [0, 0.1) is 11.6 Å². The number of hydrogen-bond donors (Lipinski definition) is 3. The zero-order valence-electron chi connectivity index (χ0n) is 8.28. The maximum atomic E-state index is 13.1. The Bertz CT molecular complexity index is 384. The molecule has 0 aliphatic rings. The number of carbonyl (C=O) groups is 1. The molecule has 1 amide bonds. The van der Waals surface area contributed by atoms with Crippen LogP contribution in [0.1, 0.15) is 10.4 Å². The van der Waals surface area contributed by atoms with Gasteiger partial charge in [-0.2, -0.15) is 0 Å². The average Bonchev–Trinajstić information content (AvgIpc) is 2.29. The molecule has 0 fully saturated rings. The van der Waals surface area contributed by atoms with Gasteiger partial charge in [0.2, 0.25) is 0 Å². The van der Waals surface area contributed by atoms with E-state index < -0.39 is 35.8 Å². The van der Waals surface area contributed by atoms with E-state index in [-0.39, 0.29) is 6.54 Å². The molecule has 0 bridgehead atoms. The highest BCUT2D eigenvalue weighted by Crippen LogP contribution is 2.10. The van der Waals surface area contributed by atoms with Gasteiger partial charge in [0.1, 0.15) is 0 Å². The third kappa shape index (κ3) is 2.98. The highest BCUT2D eigenvalue weighted by atomic mass is 19.2. The Kier molecular flexibility index (Phi) is 4.33. The zero-order valence-corrected chi connectivity index (χ0v) is 8.28. The molecule has 1 aromatic carbocycles. The molecule has 0 saturated heterocycles. The number of aliphatic hydroxyl groups excluding tert-OH is 2. The highest BCUT2D eigenvalue weighted by Gasteiger charge is 2.15. The zero-order chi connectivity index (χ0) is 12.1. The number of nitrogens with one attached hydrogen (secondary N) is 1. The molecule has 0 saturated carbocycles. The summed E-state index contributed by atoms with van der Waals surface area (Å²) in [6.45, 7) is -0.753. The van der Waals surface area contributed by atoms with Crippen molar-refractivity contribution in [2.24, 2.45) is 0 Å². The number of carbonyl (C=O) groups excluding carboxylic acids is 1. The molecule has 1 atom stereocenters. The minimum absolute atomic E-state index is 0.231. The molecule has 1 aromatic rings. The quantitative estimate of drug-likeness (QED) is 0.685. The van der Waals surface area contributed by atoms with Gasteiger partial charge in [0.15, 0.2) is 11.6 Å². The predicted octanol–water partition coefficient (Wildman–Crippen LogP) is 0.0478. The Hall–Kier alpha value is -1.53. The lowest BCUT2D eigenvalue weighted by Crippen LogP contribution is -2.34. The standard InChI is InChI=1S/C10H11F2NO3/c11-8-3-1-2-7(9(8)12)10(16)13-4-6(15)5-14/h1-3,6,14-15H,4-5H2,(H,13,16). The van der Waals surface area contributed by atoms with Crippen LogP contribution in [-0.4, -0.2) is 35.4 Å². The van der Waals surface area contributed by atoms with Crippen molar-refractivity contribution >= 4 is 5.91 Å². The van der Waals surface area contributed by atoms with E-state index >= 15 is 0 Å². The summed E-state index contributed by atoms with van der Waals surface area (Å²) in [6.07, 6.45) is -1.12. The van der Waals surface area contributed by atoms with Gasteiger partial charge in [0.25, 0.3) is 5.91 Å². The van der Waals surface area contributed by atoms with Gasteiger partial charge in [-0.3, -0.25) is 4.79 Å². The maximum Gasteiger partial charge on any atom is 0.254 e. The normalized spacial score (nSPS) is 12.2. The topological polar surface area (TPSA) is 69.6 Å². The monoisotopic (exact) mass is 231 g/mol. The second-order valence-electron chi connectivity index (χ2n) is 3.15. The van der Waals surface area contributed by atoms with E-state index in [0.717, 1.165) is 12.1 Å². The fraction of sp³-hybridized carbons (Fsp3) is 0.300. The van der Waals surface area contributed by atoms with Gasteiger partial charge in [-0.15, -0.1) is 0 Å². The lowest BCUT2D eigenvalue weighted by atomic mass is 10.2. The minimum Gasteiger partial charge on any atom is -0.394 e. The van der Waals surface area contributed by atoms with Gasteiger partial charge < -0.3 is 15.5 Å². The van der Waals surface area contributed by atoms with Crippen LogP contribution < -0.4 is 5.32 Å². The first-order chi connectivity index (χ1) is 7.56. The second kappa shape index (κ2) is 5.53. The van der Waals surface area contributed by atoms with Gasteiger partial charge in [-0.1, -0.05) is 6.07 Å². The molecule has 0 aliphatic heterocycles. The lowest BCUT2D eigenvalue weighted by molar-refractivity contribution is 0.0798. The fourth-order valence-electron chi connectivity index (χ4n) is 1.05. The first-order valence-electron chi connectivity index (χ1n) is 4.57. The van der Waals surface area contributed by atoms with Crippen LogP contribution in [0.4, 0.5) is 8.78 Å². The van der Waals surface area contributed by atoms with Crippen LogP contribution in [-0.2, 0) is 0 Å². The van der Waals surface area contributed by atoms with Gasteiger partial charge in [-0.25, -0.2) is 8.78 Å². The summed E-state index contributed by atoms with van der Waals surface area (Å²) in [5.74, 6) is -3.20. The summed E-state index contributed by atoms with van der Waals surface area (Å²) in [4.78, 5) is 11.3. The summed E-state index contributed by atoms with van der Waals surface area (Å²) in [6, 6.07) is 3.23. The van der Waals surface area contributed by atoms with Crippen LogP contribution in [0.15, 0.2) is 18.2 Å². The third-order valence-electron chi connectivity index (χ3n) is 1.91. The third-order valence-corrected chi connectivity index (χ3v) is 1.91. The Morgan fingerprint density at radius 3 is 2.75 bits per heavy atom. The summed E-state index contributed by atoms with van der Waals surface area (Å²) in [5, 5.41) is 19.6. The molecule has 6 heteroatoms. The van der Waals surface area contributed by atoms with Crippen molar-refractivity contribution in [3.63, 3.8) is 0 Å². The fourth-order valence-corrected chi connectivity index (χ4v) is 1.05. The van der Waals surface area contributed by atoms with Gasteiger partial charge in [0.05, 0.1) is 18.3 Å². The van der Waals surface area contributed by atoms with Crippen molar-refractivity contribution in [3.05, 3.63) is 35.4 Å². The number of aliphatic hydroxyl groups is 2. The van der Waals surface area contributed by atoms with Crippen LogP contribution in [0.2, 0.25) is 0 Å². The maximum absolute atomic E-state index is 13.1. The van der Waals surface area contributed by atoms with Gasteiger partial charge in [-0.05, 0) is 12.1 Å². The largest absolute Gasteiger partial charge is 0.394 e. The molecular weight excluding hydrogens is 220 g/mol. The number of hydrogen-bond acceptors (Lipinski definition) is 3. The van der Waals surface area contributed by atoms with E-state index in [4.69, 9.17) is 10.2 Å². The number of benzene rings is 1. The molecule has 16 heavy (non-hydrogen) atoms. The van der Waals surface area contributed by atoms with Crippen LogP contribution in [0.25, 0.3) is 0 Å². The summed E-state index contributed by atoms with van der Waals surface area (Å²) >= 11 is 0. The van der Waals surface area contributed by atoms with Crippen LogP contribution in [0.3, 0.4) is 0 Å². The molecular formula is C10H11F2NO3. The summed E-state index contributed by atoms with van der Waals surface area (Å²) < 4.78 is 25.9. The predicted molar refractivity (Wildman–Crippen MR) is 51.8 cm³/mol. The van der Waals surface area contributed by atoms with E-state index in [2.05, 4.69) is 5.32 Å². The Balaban J connectivity index is 2.70. The van der Waals surface area contributed by atoms with Crippen molar-refractivity contribution in [2.75, 3.05) is 13.2 Å². The smallest absolute Gasteiger partial charge is 0.254 e. The van der Waals surface area contributed by atoms with Crippen molar-refractivity contribution < 1.29 is 23.8 Å². The van der Waals surface area contributed by atoms with Crippen molar-refractivity contribution in [1.29, 1.82) is 0 Å². The van der Waals surface area contributed by atoms with Crippen molar-refractivity contribution in [3.8, 4) is 0 Å². The molecule has 1 rings (SSSR count). The molecule has 4 nitrogen and oxygen atoms in total. The van der Waals surface area contributed by atoms with E-state index in [1.54, 1.807) is 0 Å². The average molecular weight is 231 g/mol. The SMILES string of the molecule is O=C(NCC(O)CO)c1cccc(F)c1F. The first-order valence-corrected chi connectivity index (χ1v) is 4.57. The Morgan fingerprint density at radius 2 is 2.12 bits per heavy atom. The molecule has 0 spiro atoms. The minimum atomic E-state index is -1.24. The van der Waals surface area contributed by atoms with Crippen LogP contribution in [0.5, 0.6) is 0 Å². The lowest BCUT2D eigenvalue weighted by Gasteiger charge is -2.09. The van der Waals surface area contributed by atoms with Crippen molar-refractivity contribution in [2.45, 2.75) is 6.10 Å². The van der Waals surface area contributed by atoms with Crippen molar-refractivity contribution in [1.82, 2.24) is 5.32 Å². The Morgan fingerprint density at radius 1 is 1.44 bits per heavy atom. The second-order valence-corrected chi connectivity index (χ2v) is 3.15. The van der Waals surface area contributed by atoms with E-state index in [1.807, 2.05) is 0 Å². The van der Waals surface area contributed by atoms with E-state index in [0.29, 0.717) is 0 Å². The molecule has 1 unspecified atom stereocenters. The molecule has 3 N–H and O–H groups in total. The molecule has 88 valence electrons. The van der Waals surface area contributed by atoms with Gasteiger partial charge >= 0.3 is 0 Å². The number of amides is 1. The highest BCUT2D eigenvalue weighted by molar-refractivity contribution is 5.94. The molecule has 0 aliphatic carbocycles. The first kappa shape index (κ1) is 12.5.